The number of nitrogens with zero attached hydrogens (tertiary/aromatic N) is 1. The molecule has 136 valence electrons. The molecule has 0 saturated carbocycles. The fourth-order valence-electron chi connectivity index (χ4n) is 1.74. The highest BCUT2D eigenvalue weighted by Gasteiger charge is 2.19. The zero-order chi connectivity index (χ0) is 19.0. The molecule has 1 aromatic carbocycles. The number of halogens is 1. The van der Waals surface area contributed by atoms with Crippen molar-refractivity contribution < 1.29 is 24.0 Å². The monoisotopic (exact) mass is 415 g/mol. The second-order valence-electron chi connectivity index (χ2n) is 5.08. The van der Waals surface area contributed by atoms with E-state index in [2.05, 4.69) is 26.6 Å². The van der Waals surface area contributed by atoms with Crippen LogP contribution in [0, 0.1) is 10.1 Å². The molecule has 0 spiro atoms. The summed E-state index contributed by atoms with van der Waals surface area (Å²) in [7, 11) is 0. The van der Waals surface area contributed by atoms with Crippen LogP contribution in [0.4, 0.5) is 5.69 Å². The van der Waals surface area contributed by atoms with Gasteiger partial charge in [-0.1, -0.05) is 6.92 Å². The van der Waals surface area contributed by atoms with Crippen molar-refractivity contribution in [3.8, 4) is 0 Å². The summed E-state index contributed by atoms with van der Waals surface area (Å²) in [6, 6.07) is 2.95. The highest BCUT2D eigenvalue weighted by molar-refractivity contribution is 9.10. The van der Waals surface area contributed by atoms with Crippen molar-refractivity contribution in [2.75, 3.05) is 13.2 Å². The van der Waals surface area contributed by atoms with Crippen LogP contribution in [0.2, 0.25) is 0 Å². The van der Waals surface area contributed by atoms with Crippen LogP contribution in [0.25, 0.3) is 0 Å². The second-order valence-corrected chi connectivity index (χ2v) is 5.93. The van der Waals surface area contributed by atoms with Gasteiger partial charge in [-0.05, 0) is 41.4 Å². The first-order valence-electron chi connectivity index (χ1n) is 7.44. The van der Waals surface area contributed by atoms with E-state index in [9.17, 15) is 24.5 Å². The number of rotatable bonds is 8. The second kappa shape index (κ2) is 9.72. The number of benzene rings is 1. The Morgan fingerprint density at radius 3 is 2.64 bits per heavy atom. The molecular formula is C15H18BrN3O6. The van der Waals surface area contributed by atoms with E-state index in [1.165, 1.54) is 19.1 Å². The summed E-state index contributed by atoms with van der Waals surface area (Å²) in [5, 5.41) is 15.9. The van der Waals surface area contributed by atoms with Crippen LogP contribution in [-0.2, 0) is 14.3 Å². The Bertz CT molecular complexity index is 679. The van der Waals surface area contributed by atoms with Gasteiger partial charge in [0, 0.05) is 12.6 Å². The fourth-order valence-corrected chi connectivity index (χ4v) is 2.14. The van der Waals surface area contributed by atoms with Crippen LogP contribution in [0.5, 0.6) is 0 Å². The maximum absolute atomic E-state index is 11.9. The minimum Gasteiger partial charge on any atom is -0.452 e. The van der Waals surface area contributed by atoms with Crippen LogP contribution in [0.1, 0.15) is 30.6 Å². The molecule has 9 nitrogen and oxygen atoms in total. The normalized spacial score (nSPS) is 11.3. The van der Waals surface area contributed by atoms with E-state index in [1.807, 2.05) is 6.92 Å². The Hall–Kier alpha value is -2.49. The molecule has 0 fully saturated rings. The molecule has 1 atom stereocenters. The van der Waals surface area contributed by atoms with Crippen molar-refractivity contribution in [2.24, 2.45) is 0 Å². The average molecular weight is 416 g/mol. The van der Waals surface area contributed by atoms with E-state index < -0.39 is 29.4 Å². The van der Waals surface area contributed by atoms with Crippen molar-refractivity contribution in [1.82, 2.24) is 10.6 Å². The number of nitro benzene ring substituents is 1. The number of carbonyl (C=O) groups is 3. The van der Waals surface area contributed by atoms with E-state index >= 15 is 0 Å². The van der Waals surface area contributed by atoms with Gasteiger partial charge >= 0.3 is 5.97 Å². The molecule has 0 aromatic heterocycles. The molecule has 2 amide bonds. The first kappa shape index (κ1) is 20.6. The van der Waals surface area contributed by atoms with Crippen molar-refractivity contribution in [3.05, 3.63) is 38.3 Å². The summed E-state index contributed by atoms with van der Waals surface area (Å²) in [6.45, 7) is 3.29. The van der Waals surface area contributed by atoms with E-state index in [4.69, 9.17) is 4.74 Å². The molecule has 0 radical (unpaired) electrons. The summed E-state index contributed by atoms with van der Waals surface area (Å²) in [5.41, 5.74) is -0.350. The number of hydrogen-bond acceptors (Lipinski definition) is 6. The van der Waals surface area contributed by atoms with Gasteiger partial charge in [0.1, 0.15) is 6.04 Å². The number of nitro groups is 1. The predicted molar refractivity (Wildman–Crippen MR) is 92.0 cm³/mol. The molecule has 2 N–H and O–H groups in total. The molecule has 25 heavy (non-hydrogen) atoms. The average Bonchev–Trinajstić information content (AvgIpc) is 2.57. The van der Waals surface area contributed by atoms with Gasteiger partial charge in [0.25, 0.3) is 11.6 Å². The number of amides is 2. The predicted octanol–water partition coefficient (Wildman–Crippen LogP) is 1.55. The van der Waals surface area contributed by atoms with E-state index in [0.29, 0.717) is 6.54 Å². The fraction of sp³-hybridized carbons (Fsp3) is 0.400. The van der Waals surface area contributed by atoms with E-state index in [0.717, 1.165) is 12.5 Å². The number of hydrogen-bond donors (Lipinski definition) is 2. The highest BCUT2D eigenvalue weighted by Crippen LogP contribution is 2.25. The lowest BCUT2D eigenvalue weighted by Crippen LogP contribution is -2.46. The van der Waals surface area contributed by atoms with Gasteiger partial charge < -0.3 is 15.4 Å². The van der Waals surface area contributed by atoms with Gasteiger partial charge in [0.15, 0.2) is 6.61 Å². The maximum Gasteiger partial charge on any atom is 0.338 e. The first-order valence-corrected chi connectivity index (χ1v) is 8.23. The molecule has 0 aliphatic carbocycles. The highest BCUT2D eigenvalue weighted by atomic mass is 79.9. The molecule has 1 aromatic rings. The van der Waals surface area contributed by atoms with Crippen LogP contribution in [0.15, 0.2) is 22.7 Å². The minimum atomic E-state index is -0.881. The summed E-state index contributed by atoms with van der Waals surface area (Å²) in [5.74, 6) is -1.88. The van der Waals surface area contributed by atoms with Crippen LogP contribution in [0.3, 0.4) is 0 Å². The number of carbonyl (C=O) groups excluding carboxylic acids is 3. The lowest BCUT2D eigenvalue weighted by Gasteiger charge is -2.13. The summed E-state index contributed by atoms with van der Waals surface area (Å²) >= 11 is 3.01. The van der Waals surface area contributed by atoms with Gasteiger partial charge in [0.05, 0.1) is 15.0 Å². The van der Waals surface area contributed by atoms with Crippen molar-refractivity contribution in [2.45, 2.75) is 26.3 Å². The van der Waals surface area contributed by atoms with Gasteiger partial charge in [-0.15, -0.1) is 0 Å². The summed E-state index contributed by atoms with van der Waals surface area (Å²) < 4.78 is 5.03. The first-order chi connectivity index (χ1) is 11.8. The van der Waals surface area contributed by atoms with Crippen molar-refractivity contribution in [3.63, 3.8) is 0 Å². The topological polar surface area (TPSA) is 128 Å². The Kier molecular flexibility index (Phi) is 7.99. The molecule has 0 bridgehead atoms. The molecule has 0 aliphatic heterocycles. The van der Waals surface area contributed by atoms with Crippen molar-refractivity contribution >= 4 is 39.4 Å². The van der Waals surface area contributed by atoms with E-state index in [-0.39, 0.29) is 21.6 Å². The zero-order valence-electron chi connectivity index (χ0n) is 13.7. The lowest BCUT2D eigenvalue weighted by molar-refractivity contribution is -0.385. The molecule has 0 aliphatic rings. The van der Waals surface area contributed by atoms with Crippen LogP contribution >= 0.6 is 15.9 Å². The van der Waals surface area contributed by atoms with Crippen LogP contribution < -0.4 is 10.6 Å². The van der Waals surface area contributed by atoms with Crippen LogP contribution in [-0.4, -0.2) is 41.9 Å². The molecule has 0 heterocycles. The SMILES string of the molecule is CCCNC(=O)[C@H](C)NC(=O)COC(=O)c1ccc(Br)c([N+](=O)[O-])c1. The van der Waals surface area contributed by atoms with Crippen molar-refractivity contribution in [1.29, 1.82) is 0 Å². The molecule has 1 rings (SSSR count). The third kappa shape index (κ3) is 6.49. The lowest BCUT2D eigenvalue weighted by atomic mass is 10.2. The Balaban J connectivity index is 2.56. The largest absolute Gasteiger partial charge is 0.452 e. The Morgan fingerprint density at radius 1 is 1.36 bits per heavy atom. The van der Waals surface area contributed by atoms with Gasteiger partial charge in [-0.3, -0.25) is 19.7 Å². The summed E-state index contributed by atoms with van der Waals surface area (Å²) in [6.07, 6.45) is 0.767. The van der Waals surface area contributed by atoms with Gasteiger partial charge in [-0.2, -0.15) is 0 Å². The quantitative estimate of drug-likeness (QED) is 0.376. The number of nitrogens with one attached hydrogen (secondary N) is 2. The minimum absolute atomic E-state index is 0.0589. The van der Waals surface area contributed by atoms with Gasteiger partial charge in [-0.25, -0.2) is 4.79 Å². The third-order valence-electron chi connectivity index (χ3n) is 3.03. The Morgan fingerprint density at radius 2 is 2.04 bits per heavy atom. The molecule has 10 heteroatoms. The number of esters is 1. The zero-order valence-corrected chi connectivity index (χ0v) is 15.3. The Labute approximate surface area is 152 Å². The smallest absolute Gasteiger partial charge is 0.338 e. The standard InChI is InChI=1S/C15H18BrN3O6/c1-3-6-17-14(21)9(2)18-13(20)8-25-15(22)10-4-5-11(16)12(7-10)19(23)24/h4-5,7,9H,3,6,8H2,1-2H3,(H,17,21)(H,18,20)/t9-/m0/s1. The molecular weight excluding hydrogens is 398 g/mol. The molecule has 0 saturated heterocycles. The summed E-state index contributed by atoms with van der Waals surface area (Å²) in [4.78, 5) is 45.4. The molecule has 0 unspecified atom stereocenters. The maximum atomic E-state index is 11.9. The number of ether oxygens (including phenoxy) is 1. The van der Waals surface area contributed by atoms with Gasteiger partial charge in [0.2, 0.25) is 5.91 Å². The van der Waals surface area contributed by atoms with E-state index in [1.54, 1.807) is 0 Å². The third-order valence-corrected chi connectivity index (χ3v) is 3.70.